The summed E-state index contributed by atoms with van der Waals surface area (Å²) in [6.07, 6.45) is 2.67. The van der Waals surface area contributed by atoms with E-state index in [1.165, 1.54) is 5.56 Å². The van der Waals surface area contributed by atoms with E-state index in [1.807, 2.05) is 30.3 Å². The topological polar surface area (TPSA) is 48.2 Å². The molecule has 3 rings (SSSR count). The molecule has 19 heavy (non-hydrogen) atoms. The van der Waals surface area contributed by atoms with Gasteiger partial charge in [0.1, 0.15) is 11.3 Å². The van der Waals surface area contributed by atoms with E-state index in [0.29, 0.717) is 18.2 Å². The van der Waals surface area contributed by atoms with Gasteiger partial charge >= 0.3 is 0 Å². The van der Waals surface area contributed by atoms with E-state index < -0.39 is 0 Å². The van der Waals surface area contributed by atoms with Gasteiger partial charge in [-0.2, -0.15) is 0 Å². The Kier molecular flexibility index (Phi) is 3.14. The summed E-state index contributed by atoms with van der Waals surface area (Å²) in [7, 11) is 0. The normalized spacial score (nSPS) is 10.8. The molecule has 0 aliphatic heterocycles. The third-order valence-corrected chi connectivity index (χ3v) is 2.88. The van der Waals surface area contributed by atoms with E-state index >= 15 is 0 Å². The van der Waals surface area contributed by atoms with Crippen LogP contribution in [0.5, 0.6) is 5.75 Å². The molecule has 0 spiro atoms. The molecule has 96 valence electrons. The number of ether oxygens (including phenoxy) is 1. The average Bonchev–Trinajstić information content (AvgIpc) is 2.88. The van der Waals surface area contributed by atoms with Gasteiger partial charge in [-0.3, -0.25) is 0 Å². The monoisotopic (exact) mass is 254 g/mol. The molecule has 0 saturated carbocycles. The summed E-state index contributed by atoms with van der Waals surface area (Å²) in [6.45, 7) is 2.43. The third kappa shape index (κ3) is 2.57. The first kappa shape index (κ1) is 11.7. The number of oxazole rings is 1. The summed E-state index contributed by atoms with van der Waals surface area (Å²) in [6, 6.07) is 11.7. The fourth-order valence-electron chi connectivity index (χ4n) is 1.88. The molecule has 0 fully saturated rings. The van der Waals surface area contributed by atoms with E-state index in [1.54, 1.807) is 6.20 Å². The Hall–Kier alpha value is -2.36. The summed E-state index contributed by atoms with van der Waals surface area (Å²) in [5.74, 6) is 1.37. The van der Waals surface area contributed by atoms with E-state index in [9.17, 15) is 0 Å². The Morgan fingerprint density at radius 1 is 1.21 bits per heavy atom. The molecule has 0 unspecified atom stereocenters. The second-order valence-electron chi connectivity index (χ2n) is 4.22. The number of hydrogen-bond acceptors (Lipinski definition) is 4. The molecule has 2 aromatic heterocycles. The van der Waals surface area contributed by atoms with Crippen LogP contribution in [0, 0.1) is 0 Å². The van der Waals surface area contributed by atoms with Gasteiger partial charge in [-0.1, -0.05) is 19.1 Å². The number of rotatable bonds is 4. The lowest BCUT2D eigenvalue weighted by atomic mass is 10.2. The fourth-order valence-corrected chi connectivity index (χ4v) is 1.88. The third-order valence-electron chi connectivity index (χ3n) is 2.88. The number of aryl methyl sites for hydroxylation is 1. The van der Waals surface area contributed by atoms with Gasteiger partial charge in [0.05, 0.1) is 0 Å². The van der Waals surface area contributed by atoms with Crippen molar-refractivity contribution in [3.63, 3.8) is 0 Å². The van der Waals surface area contributed by atoms with E-state index in [0.717, 1.165) is 17.7 Å². The standard InChI is InChI=1S/C15H14N2O2/c1-2-11-5-3-6-12(9-11)18-10-14-17-13-7-4-8-16-15(13)19-14/h3-9H,2,10H2,1H3. The zero-order valence-electron chi connectivity index (χ0n) is 10.7. The molecule has 4 nitrogen and oxygen atoms in total. The lowest BCUT2D eigenvalue weighted by Crippen LogP contribution is -1.95. The van der Waals surface area contributed by atoms with E-state index in [4.69, 9.17) is 9.15 Å². The summed E-state index contributed by atoms with van der Waals surface area (Å²) in [5.41, 5.74) is 2.54. The SMILES string of the molecule is CCc1cccc(OCc2nc3cccnc3o2)c1. The molecule has 0 aliphatic rings. The molecule has 3 aromatic rings. The van der Waals surface area contributed by atoms with Crippen molar-refractivity contribution in [1.82, 2.24) is 9.97 Å². The van der Waals surface area contributed by atoms with Crippen molar-refractivity contribution in [2.45, 2.75) is 20.0 Å². The molecule has 1 aromatic carbocycles. The van der Waals surface area contributed by atoms with Gasteiger partial charge in [-0.25, -0.2) is 9.97 Å². The molecule has 0 saturated heterocycles. The van der Waals surface area contributed by atoms with Crippen LogP contribution in [0.25, 0.3) is 11.2 Å². The minimum Gasteiger partial charge on any atom is -0.484 e. The molecule has 4 heteroatoms. The number of aromatic nitrogens is 2. The first-order valence-corrected chi connectivity index (χ1v) is 6.27. The van der Waals surface area contributed by atoms with Crippen molar-refractivity contribution in [2.75, 3.05) is 0 Å². The van der Waals surface area contributed by atoms with Crippen LogP contribution >= 0.6 is 0 Å². The first-order valence-electron chi connectivity index (χ1n) is 6.27. The number of pyridine rings is 1. The van der Waals surface area contributed by atoms with Crippen molar-refractivity contribution in [3.05, 3.63) is 54.0 Å². The van der Waals surface area contributed by atoms with Crippen molar-refractivity contribution in [1.29, 1.82) is 0 Å². The van der Waals surface area contributed by atoms with E-state index in [-0.39, 0.29) is 0 Å². The quantitative estimate of drug-likeness (QED) is 0.716. The van der Waals surface area contributed by atoms with Crippen LogP contribution in [-0.2, 0) is 13.0 Å². The van der Waals surface area contributed by atoms with Crippen molar-refractivity contribution < 1.29 is 9.15 Å². The van der Waals surface area contributed by atoms with Crippen molar-refractivity contribution in [2.24, 2.45) is 0 Å². The summed E-state index contributed by atoms with van der Waals surface area (Å²) < 4.78 is 11.2. The number of hydrogen-bond donors (Lipinski definition) is 0. The second kappa shape index (κ2) is 5.10. The minimum absolute atomic E-state index is 0.309. The van der Waals surface area contributed by atoms with Gasteiger partial charge in [0.15, 0.2) is 6.61 Å². The van der Waals surface area contributed by atoms with Crippen LogP contribution in [0.4, 0.5) is 0 Å². The lowest BCUT2D eigenvalue weighted by molar-refractivity contribution is 0.266. The Balaban J connectivity index is 1.74. The lowest BCUT2D eigenvalue weighted by Gasteiger charge is -2.04. The fraction of sp³-hybridized carbons (Fsp3) is 0.200. The Labute approximate surface area is 111 Å². The Morgan fingerprint density at radius 3 is 3.00 bits per heavy atom. The maximum absolute atomic E-state index is 5.68. The predicted octanol–water partition coefficient (Wildman–Crippen LogP) is 3.36. The van der Waals surface area contributed by atoms with Crippen LogP contribution in [0.15, 0.2) is 47.0 Å². The summed E-state index contributed by atoms with van der Waals surface area (Å²) >= 11 is 0. The van der Waals surface area contributed by atoms with Crippen molar-refractivity contribution >= 4 is 11.2 Å². The molecular formula is C15H14N2O2. The largest absolute Gasteiger partial charge is 0.484 e. The molecular weight excluding hydrogens is 240 g/mol. The zero-order valence-corrected chi connectivity index (χ0v) is 10.7. The van der Waals surface area contributed by atoms with Gasteiger partial charge < -0.3 is 9.15 Å². The Bertz CT molecular complexity index is 658. The highest BCUT2D eigenvalue weighted by Crippen LogP contribution is 2.17. The first-order chi connectivity index (χ1) is 9.35. The van der Waals surface area contributed by atoms with Gasteiger partial charge in [-0.05, 0) is 36.2 Å². The molecule has 0 amide bonds. The summed E-state index contributed by atoms with van der Waals surface area (Å²) in [4.78, 5) is 8.42. The van der Waals surface area contributed by atoms with Crippen LogP contribution < -0.4 is 4.74 Å². The van der Waals surface area contributed by atoms with Gasteiger partial charge in [0.25, 0.3) is 0 Å². The highest BCUT2D eigenvalue weighted by Gasteiger charge is 2.06. The molecule has 0 radical (unpaired) electrons. The maximum atomic E-state index is 5.68. The zero-order chi connectivity index (χ0) is 13.1. The highest BCUT2D eigenvalue weighted by molar-refractivity contribution is 5.67. The molecule has 0 aliphatic carbocycles. The average molecular weight is 254 g/mol. The second-order valence-corrected chi connectivity index (χ2v) is 4.22. The summed E-state index contributed by atoms with van der Waals surface area (Å²) in [5, 5.41) is 0. The van der Waals surface area contributed by atoms with Crippen LogP contribution in [0.2, 0.25) is 0 Å². The smallest absolute Gasteiger partial charge is 0.247 e. The maximum Gasteiger partial charge on any atom is 0.247 e. The number of fused-ring (bicyclic) bond motifs is 1. The van der Waals surface area contributed by atoms with Gasteiger partial charge in [0, 0.05) is 6.20 Å². The number of nitrogens with zero attached hydrogens (tertiary/aromatic N) is 2. The van der Waals surface area contributed by atoms with Crippen LogP contribution in [0.1, 0.15) is 18.4 Å². The number of benzene rings is 1. The van der Waals surface area contributed by atoms with Crippen molar-refractivity contribution in [3.8, 4) is 5.75 Å². The molecule has 0 atom stereocenters. The minimum atomic E-state index is 0.309. The predicted molar refractivity (Wildman–Crippen MR) is 72.0 cm³/mol. The van der Waals surface area contributed by atoms with Gasteiger partial charge in [-0.15, -0.1) is 0 Å². The molecule has 0 N–H and O–H groups in total. The molecule has 0 bridgehead atoms. The van der Waals surface area contributed by atoms with E-state index in [2.05, 4.69) is 23.0 Å². The van der Waals surface area contributed by atoms with Gasteiger partial charge in [0.2, 0.25) is 11.6 Å². The Morgan fingerprint density at radius 2 is 2.16 bits per heavy atom. The van der Waals surface area contributed by atoms with Crippen LogP contribution in [0.3, 0.4) is 0 Å². The molecule has 2 heterocycles. The highest BCUT2D eigenvalue weighted by atomic mass is 16.5. The van der Waals surface area contributed by atoms with Crippen LogP contribution in [-0.4, -0.2) is 9.97 Å².